The maximum absolute atomic E-state index is 5.26. The molecule has 0 N–H and O–H groups in total. The molecule has 0 amide bonds. The molecule has 0 unspecified atom stereocenters. The molecular weight excluding hydrogens is 567 g/mol. The molecule has 9 aromatic rings. The second kappa shape index (κ2) is 9.39. The zero-order valence-corrected chi connectivity index (χ0v) is 25.0. The van der Waals surface area contributed by atoms with E-state index in [1.807, 2.05) is 11.3 Å². The molecule has 0 radical (unpaired) electrons. The molecule has 4 heterocycles. The average Bonchev–Trinajstić information content (AvgIpc) is 3.61. The monoisotopic (exact) mass is 591 g/mol. The van der Waals surface area contributed by atoms with Crippen LogP contribution < -0.4 is 4.90 Å². The zero-order valence-electron chi connectivity index (χ0n) is 24.2. The Hall–Kier alpha value is -5.71. The van der Waals surface area contributed by atoms with Gasteiger partial charge < -0.3 is 9.47 Å². The second-order valence-electron chi connectivity index (χ2n) is 11.5. The number of hydrogen-bond donors (Lipinski definition) is 0. The molecule has 6 aromatic carbocycles. The van der Waals surface area contributed by atoms with Crippen LogP contribution in [0.3, 0.4) is 0 Å². The van der Waals surface area contributed by atoms with Crippen molar-refractivity contribution >= 4 is 70.5 Å². The van der Waals surface area contributed by atoms with Gasteiger partial charge in [0.1, 0.15) is 0 Å². The van der Waals surface area contributed by atoms with E-state index in [9.17, 15) is 0 Å². The van der Waals surface area contributed by atoms with Crippen molar-refractivity contribution in [3.63, 3.8) is 0 Å². The fourth-order valence-corrected chi connectivity index (χ4v) is 8.46. The van der Waals surface area contributed by atoms with Crippen molar-refractivity contribution in [2.75, 3.05) is 4.90 Å². The van der Waals surface area contributed by atoms with E-state index < -0.39 is 0 Å². The molecule has 1 aliphatic rings. The van der Waals surface area contributed by atoms with E-state index in [0.29, 0.717) is 0 Å². The Morgan fingerprint density at radius 2 is 1.13 bits per heavy atom. The Labute approximate surface area is 263 Å². The number of anilines is 3. The maximum Gasteiger partial charge on any atom is 0.0917 e. The van der Waals surface area contributed by atoms with Crippen LogP contribution in [-0.2, 0) is 0 Å². The molecule has 0 saturated carbocycles. The van der Waals surface area contributed by atoms with E-state index in [1.165, 1.54) is 53.8 Å². The number of fused-ring (bicyclic) bond motifs is 11. The van der Waals surface area contributed by atoms with E-state index in [4.69, 9.17) is 4.98 Å². The first-order valence-electron chi connectivity index (χ1n) is 15.2. The summed E-state index contributed by atoms with van der Waals surface area (Å²) in [7, 11) is 0. The average molecular weight is 592 g/mol. The minimum atomic E-state index is 1.000. The fraction of sp³-hybridized carbons (Fsp3) is 0. The van der Waals surface area contributed by atoms with Crippen molar-refractivity contribution in [2.45, 2.75) is 0 Å². The van der Waals surface area contributed by atoms with Gasteiger partial charge in [-0.05, 0) is 42.5 Å². The highest BCUT2D eigenvalue weighted by Gasteiger charge is 2.33. The topological polar surface area (TPSA) is 21.1 Å². The lowest BCUT2D eigenvalue weighted by Crippen LogP contribution is -2.12. The SMILES string of the molecule is c1ccc(-n2c3c(c4ccccc42)-c2ccccc2N(c2c4ccccc4nc4c2sc2ccccc24)c2ccccc2-3)cc1. The summed E-state index contributed by atoms with van der Waals surface area (Å²) < 4.78 is 4.89. The lowest BCUT2D eigenvalue weighted by molar-refractivity contribution is 1.13. The fourth-order valence-electron chi connectivity index (χ4n) is 7.27. The van der Waals surface area contributed by atoms with Gasteiger partial charge in [-0.1, -0.05) is 109 Å². The third kappa shape index (κ3) is 3.43. The molecule has 10 rings (SSSR count). The molecule has 0 aliphatic carbocycles. The predicted octanol–water partition coefficient (Wildman–Crippen LogP) is 11.7. The molecule has 210 valence electrons. The molecule has 3 nitrogen and oxygen atoms in total. The first-order chi connectivity index (χ1) is 22.4. The summed E-state index contributed by atoms with van der Waals surface area (Å²) in [5.41, 5.74) is 12.8. The summed E-state index contributed by atoms with van der Waals surface area (Å²) in [6.45, 7) is 0. The number of pyridine rings is 1. The van der Waals surface area contributed by atoms with Crippen molar-refractivity contribution in [1.29, 1.82) is 0 Å². The molecule has 0 atom stereocenters. The van der Waals surface area contributed by atoms with Crippen molar-refractivity contribution in [1.82, 2.24) is 9.55 Å². The first-order valence-corrected chi connectivity index (χ1v) is 16.1. The van der Waals surface area contributed by atoms with Gasteiger partial charge >= 0.3 is 0 Å². The Bertz CT molecular complexity index is 2610. The quantitative estimate of drug-likeness (QED) is 0.199. The van der Waals surface area contributed by atoms with Gasteiger partial charge in [0.15, 0.2) is 0 Å². The van der Waals surface area contributed by atoms with Crippen LogP contribution in [0.5, 0.6) is 0 Å². The van der Waals surface area contributed by atoms with Crippen molar-refractivity contribution in [3.05, 3.63) is 152 Å². The van der Waals surface area contributed by atoms with Gasteiger partial charge in [-0.3, -0.25) is 0 Å². The predicted molar refractivity (Wildman–Crippen MR) is 191 cm³/mol. The third-order valence-corrected chi connectivity index (χ3v) is 10.3. The van der Waals surface area contributed by atoms with E-state index >= 15 is 0 Å². The lowest BCUT2D eigenvalue weighted by atomic mass is 9.98. The van der Waals surface area contributed by atoms with Crippen LogP contribution in [0.15, 0.2) is 152 Å². The Morgan fingerprint density at radius 3 is 1.98 bits per heavy atom. The van der Waals surface area contributed by atoms with Crippen LogP contribution >= 0.6 is 11.3 Å². The summed E-state index contributed by atoms with van der Waals surface area (Å²) in [6, 6.07) is 54.7. The van der Waals surface area contributed by atoms with Gasteiger partial charge in [0.2, 0.25) is 0 Å². The number of rotatable bonds is 2. The summed E-state index contributed by atoms with van der Waals surface area (Å²) in [5, 5.41) is 3.58. The van der Waals surface area contributed by atoms with Gasteiger partial charge in [0.05, 0.1) is 44.0 Å². The Balaban J connectivity index is 1.42. The summed E-state index contributed by atoms with van der Waals surface area (Å²) in [4.78, 5) is 7.77. The molecule has 0 bridgehead atoms. The van der Waals surface area contributed by atoms with Crippen LogP contribution in [0.1, 0.15) is 0 Å². The largest absolute Gasteiger partial charge is 0.309 e. The standard InChI is InChI=1S/C41H25N3S/c1-2-14-26(15-3-1)43-33-22-10-5-17-28(33)37-29-18-6-11-23-34(29)44(35-24-12-7-19-30(35)39(37)43)40-27-16-4-9-21-32(27)42-38-31-20-8-13-25-36(31)45-41(38)40/h1-25H. The van der Waals surface area contributed by atoms with E-state index in [1.54, 1.807) is 0 Å². The highest BCUT2D eigenvalue weighted by atomic mass is 32.1. The van der Waals surface area contributed by atoms with Crippen LogP contribution in [0.4, 0.5) is 17.1 Å². The maximum atomic E-state index is 5.26. The lowest BCUT2D eigenvalue weighted by Gasteiger charge is -2.29. The van der Waals surface area contributed by atoms with Crippen LogP contribution in [0.2, 0.25) is 0 Å². The Morgan fingerprint density at radius 1 is 0.511 bits per heavy atom. The number of aromatic nitrogens is 2. The van der Waals surface area contributed by atoms with Gasteiger partial charge in [-0.2, -0.15) is 0 Å². The summed E-state index contributed by atoms with van der Waals surface area (Å²) >= 11 is 1.83. The molecule has 0 spiro atoms. The number of nitrogens with zero attached hydrogens (tertiary/aromatic N) is 3. The van der Waals surface area contributed by atoms with Gasteiger partial charge in [0, 0.05) is 43.2 Å². The second-order valence-corrected chi connectivity index (χ2v) is 12.6. The molecule has 45 heavy (non-hydrogen) atoms. The molecule has 1 aliphatic heterocycles. The minimum absolute atomic E-state index is 1.000. The zero-order chi connectivity index (χ0) is 29.5. The van der Waals surface area contributed by atoms with Crippen molar-refractivity contribution < 1.29 is 0 Å². The highest BCUT2D eigenvalue weighted by molar-refractivity contribution is 7.26. The van der Waals surface area contributed by atoms with Gasteiger partial charge in [0.25, 0.3) is 0 Å². The molecule has 4 heteroatoms. The van der Waals surface area contributed by atoms with Crippen LogP contribution in [0, 0.1) is 0 Å². The van der Waals surface area contributed by atoms with E-state index in [0.717, 1.165) is 33.5 Å². The van der Waals surface area contributed by atoms with E-state index in [-0.39, 0.29) is 0 Å². The Kier molecular flexibility index (Phi) is 5.16. The van der Waals surface area contributed by atoms with Gasteiger partial charge in [-0.15, -0.1) is 11.3 Å². The molecule has 3 aromatic heterocycles. The van der Waals surface area contributed by atoms with Crippen LogP contribution in [0.25, 0.3) is 70.2 Å². The number of para-hydroxylation sites is 5. The van der Waals surface area contributed by atoms with Gasteiger partial charge in [-0.25, -0.2) is 4.98 Å². The minimum Gasteiger partial charge on any atom is -0.309 e. The van der Waals surface area contributed by atoms with Crippen molar-refractivity contribution in [3.8, 4) is 28.1 Å². The van der Waals surface area contributed by atoms with Crippen molar-refractivity contribution in [2.24, 2.45) is 0 Å². The number of benzene rings is 6. The smallest absolute Gasteiger partial charge is 0.0917 e. The number of hydrogen-bond acceptors (Lipinski definition) is 3. The molecular formula is C41H25N3S. The van der Waals surface area contributed by atoms with E-state index in [2.05, 4.69) is 161 Å². The summed E-state index contributed by atoms with van der Waals surface area (Å²) in [5.74, 6) is 0. The highest BCUT2D eigenvalue weighted by Crippen LogP contribution is 2.56. The first kappa shape index (κ1) is 24.7. The van der Waals surface area contributed by atoms with Crippen LogP contribution in [-0.4, -0.2) is 9.55 Å². The molecule has 0 fully saturated rings. The third-order valence-electron chi connectivity index (χ3n) is 9.10. The normalized spacial score (nSPS) is 12.4. The summed E-state index contributed by atoms with van der Waals surface area (Å²) in [6.07, 6.45) is 0. The number of thiophene rings is 1. The molecule has 0 saturated heterocycles.